The van der Waals surface area contributed by atoms with E-state index < -0.39 is 0 Å². The summed E-state index contributed by atoms with van der Waals surface area (Å²) >= 11 is 13.1. The van der Waals surface area contributed by atoms with Gasteiger partial charge in [0.25, 0.3) is 0 Å². The molecule has 0 bridgehead atoms. The molecule has 0 saturated carbocycles. The molecule has 100 valence electrons. The monoisotopic (exact) mass is 402 g/mol. The normalized spacial score (nSPS) is 10.8. The minimum absolute atomic E-state index is 0.467. The molecule has 2 nitrogen and oxygen atoms in total. The lowest BCUT2D eigenvalue weighted by atomic mass is 10.1. The zero-order chi connectivity index (χ0) is 14.0. The molecule has 0 aliphatic rings. The zero-order valence-electron chi connectivity index (χ0n) is 10.7. The van der Waals surface area contributed by atoms with Crippen molar-refractivity contribution in [2.45, 2.75) is 26.7 Å². The Balaban J connectivity index is 2.52. The van der Waals surface area contributed by atoms with E-state index in [-0.39, 0.29) is 0 Å². The molecule has 0 saturated heterocycles. The van der Waals surface area contributed by atoms with Crippen LogP contribution in [0.4, 0.5) is 0 Å². The Morgan fingerprint density at radius 2 is 1.95 bits per heavy atom. The maximum atomic E-state index is 6.17. The number of benzene rings is 1. The van der Waals surface area contributed by atoms with Crippen molar-refractivity contribution in [3.63, 3.8) is 0 Å². The molecular weight excluding hydrogens is 391 g/mol. The molecule has 0 atom stereocenters. The third-order valence-corrected chi connectivity index (χ3v) is 5.01. The second-order valence-corrected chi connectivity index (χ2v) is 6.32. The van der Waals surface area contributed by atoms with Gasteiger partial charge in [-0.25, -0.2) is 9.97 Å². The molecule has 0 amide bonds. The predicted octanol–water partition coefficient (Wildman–Crippen LogP) is 5.58. The summed E-state index contributed by atoms with van der Waals surface area (Å²) < 4.78 is 1.88. The summed E-state index contributed by atoms with van der Waals surface area (Å²) in [5.74, 6) is 0.673. The minimum Gasteiger partial charge on any atom is -0.232 e. The van der Waals surface area contributed by atoms with Crippen LogP contribution in [0.3, 0.4) is 0 Å². The number of hydrogen-bond donors (Lipinski definition) is 0. The van der Waals surface area contributed by atoms with Crippen LogP contribution in [0, 0.1) is 6.92 Å². The first-order chi connectivity index (χ1) is 9.02. The van der Waals surface area contributed by atoms with Gasteiger partial charge in [0.2, 0.25) is 0 Å². The van der Waals surface area contributed by atoms with Crippen LogP contribution < -0.4 is 0 Å². The van der Waals surface area contributed by atoms with Gasteiger partial charge in [-0.3, -0.25) is 0 Å². The minimum atomic E-state index is 0.467. The van der Waals surface area contributed by atoms with E-state index >= 15 is 0 Å². The quantitative estimate of drug-likeness (QED) is 0.624. The Kier molecular flexibility index (Phi) is 4.98. The molecule has 0 radical (unpaired) electrons. The van der Waals surface area contributed by atoms with Crippen molar-refractivity contribution in [3.05, 3.63) is 43.6 Å². The van der Waals surface area contributed by atoms with Gasteiger partial charge in [-0.15, -0.1) is 0 Å². The van der Waals surface area contributed by atoms with Gasteiger partial charge in [0.15, 0.2) is 5.82 Å². The van der Waals surface area contributed by atoms with Crippen molar-refractivity contribution >= 4 is 43.5 Å². The Morgan fingerprint density at radius 3 is 2.58 bits per heavy atom. The highest BCUT2D eigenvalue weighted by atomic mass is 79.9. The lowest BCUT2D eigenvalue weighted by molar-refractivity contribution is 0.868. The van der Waals surface area contributed by atoms with Gasteiger partial charge in [0.05, 0.1) is 10.2 Å². The molecule has 1 aromatic heterocycles. The van der Waals surface area contributed by atoms with E-state index in [9.17, 15) is 0 Å². The van der Waals surface area contributed by atoms with Crippen LogP contribution in [0.15, 0.2) is 27.1 Å². The molecule has 0 unspecified atom stereocenters. The maximum absolute atomic E-state index is 6.17. The third kappa shape index (κ3) is 3.36. The Morgan fingerprint density at radius 1 is 1.21 bits per heavy atom. The molecule has 0 fully saturated rings. The first-order valence-corrected chi connectivity index (χ1v) is 7.97. The van der Waals surface area contributed by atoms with Crippen molar-refractivity contribution < 1.29 is 0 Å². The molecule has 2 aromatic rings. The van der Waals surface area contributed by atoms with Gasteiger partial charge in [-0.2, -0.15) is 0 Å². The summed E-state index contributed by atoms with van der Waals surface area (Å²) in [5, 5.41) is 0.467. The van der Waals surface area contributed by atoms with E-state index in [0.29, 0.717) is 11.0 Å². The number of nitrogens with zero attached hydrogens (tertiary/aromatic N) is 2. The van der Waals surface area contributed by atoms with Crippen LogP contribution in [0.5, 0.6) is 0 Å². The molecule has 5 heteroatoms. The van der Waals surface area contributed by atoms with Crippen molar-refractivity contribution in [3.8, 4) is 11.4 Å². The molecule has 1 heterocycles. The summed E-state index contributed by atoms with van der Waals surface area (Å²) in [7, 11) is 0. The second kappa shape index (κ2) is 6.33. The van der Waals surface area contributed by atoms with Gasteiger partial charge < -0.3 is 0 Å². The topological polar surface area (TPSA) is 25.8 Å². The van der Waals surface area contributed by atoms with Crippen LogP contribution in [0.2, 0.25) is 5.15 Å². The van der Waals surface area contributed by atoms with E-state index in [4.69, 9.17) is 11.6 Å². The van der Waals surface area contributed by atoms with Gasteiger partial charge in [-0.05, 0) is 47.0 Å². The second-order valence-electron chi connectivity index (χ2n) is 4.31. The summed E-state index contributed by atoms with van der Waals surface area (Å²) in [5.41, 5.74) is 3.09. The fourth-order valence-electron chi connectivity index (χ4n) is 1.78. The smallest absolute Gasteiger partial charge is 0.161 e. The highest BCUT2D eigenvalue weighted by Gasteiger charge is 2.12. The molecular formula is C14H13Br2ClN2. The largest absolute Gasteiger partial charge is 0.232 e. The molecule has 0 N–H and O–H groups in total. The van der Waals surface area contributed by atoms with Crippen LogP contribution in [-0.2, 0) is 6.42 Å². The fraction of sp³-hybridized carbons (Fsp3) is 0.286. The van der Waals surface area contributed by atoms with Gasteiger partial charge in [0.1, 0.15) is 5.15 Å². The van der Waals surface area contributed by atoms with E-state index in [2.05, 4.69) is 54.8 Å². The van der Waals surface area contributed by atoms with E-state index in [1.807, 2.05) is 19.1 Å². The number of rotatable bonds is 3. The van der Waals surface area contributed by atoms with Crippen molar-refractivity contribution in [2.24, 2.45) is 0 Å². The summed E-state index contributed by atoms with van der Waals surface area (Å²) in [6, 6.07) is 6.05. The van der Waals surface area contributed by atoms with Crippen molar-refractivity contribution in [2.75, 3.05) is 0 Å². The Hall–Kier alpha value is -0.450. The SMILES string of the molecule is CCCc1nc(-c2ccc(Br)c(C)c2)nc(Cl)c1Br. The van der Waals surface area contributed by atoms with Crippen molar-refractivity contribution in [1.82, 2.24) is 9.97 Å². The number of aromatic nitrogens is 2. The number of hydrogen-bond acceptors (Lipinski definition) is 2. The predicted molar refractivity (Wildman–Crippen MR) is 86.6 cm³/mol. The molecule has 0 aliphatic carbocycles. The summed E-state index contributed by atoms with van der Waals surface area (Å²) in [4.78, 5) is 8.95. The molecule has 19 heavy (non-hydrogen) atoms. The van der Waals surface area contributed by atoms with Crippen molar-refractivity contribution in [1.29, 1.82) is 0 Å². The van der Waals surface area contributed by atoms with Gasteiger partial charge >= 0.3 is 0 Å². The summed E-state index contributed by atoms with van der Waals surface area (Å²) in [6.07, 6.45) is 1.90. The zero-order valence-corrected chi connectivity index (χ0v) is 14.6. The standard InChI is InChI=1S/C14H13Br2ClN2/c1-3-4-11-12(16)13(17)19-14(18-11)9-5-6-10(15)8(2)7-9/h5-7H,3-4H2,1-2H3. The average molecular weight is 405 g/mol. The number of aryl methyl sites for hydroxylation is 2. The molecule has 1 aromatic carbocycles. The fourth-order valence-corrected chi connectivity index (χ4v) is 2.59. The summed E-state index contributed by atoms with van der Waals surface area (Å²) in [6.45, 7) is 4.16. The lowest BCUT2D eigenvalue weighted by Crippen LogP contribution is -1.98. The highest BCUT2D eigenvalue weighted by molar-refractivity contribution is 9.10. The van der Waals surface area contributed by atoms with E-state index in [1.54, 1.807) is 0 Å². The first-order valence-electron chi connectivity index (χ1n) is 6.01. The van der Waals surface area contributed by atoms with Crippen LogP contribution in [0.1, 0.15) is 24.6 Å². The lowest BCUT2D eigenvalue weighted by Gasteiger charge is -2.08. The molecule has 0 aliphatic heterocycles. The Labute approximate surface area is 134 Å². The molecule has 2 rings (SSSR count). The average Bonchev–Trinajstić information content (AvgIpc) is 2.38. The maximum Gasteiger partial charge on any atom is 0.161 e. The first kappa shape index (κ1) is 14.9. The molecule has 0 spiro atoms. The van der Waals surface area contributed by atoms with Gasteiger partial charge in [-0.1, -0.05) is 46.9 Å². The Bertz CT molecular complexity index is 615. The van der Waals surface area contributed by atoms with Crippen LogP contribution >= 0.6 is 43.5 Å². The van der Waals surface area contributed by atoms with Crippen LogP contribution in [-0.4, -0.2) is 9.97 Å². The van der Waals surface area contributed by atoms with Gasteiger partial charge in [0, 0.05) is 10.0 Å². The number of halogens is 3. The third-order valence-electron chi connectivity index (χ3n) is 2.78. The van der Waals surface area contributed by atoms with E-state index in [0.717, 1.165) is 38.6 Å². The van der Waals surface area contributed by atoms with E-state index in [1.165, 1.54) is 0 Å². The van der Waals surface area contributed by atoms with Crippen LogP contribution in [0.25, 0.3) is 11.4 Å². The highest BCUT2D eigenvalue weighted by Crippen LogP contribution is 2.29.